The van der Waals surface area contributed by atoms with Crippen molar-refractivity contribution >= 4 is 17.8 Å². The summed E-state index contributed by atoms with van der Waals surface area (Å²) >= 11 is 0. The van der Waals surface area contributed by atoms with Crippen LogP contribution in [0, 0.1) is 0 Å². The third-order valence-electron chi connectivity index (χ3n) is 3.75. The number of pyridine rings is 1. The van der Waals surface area contributed by atoms with Gasteiger partial charge in [0.2, 0.25) is 0 Å². The Morgan fingerprint density at radius 3 is 2.90 bits per heavy atom. The first kappa shape index (κ1) is 22.0. The van der Waals surface area contributed by atoms with Crippen molar-refractivity contribution in [1.29, 1.82) is 0 Å². The predicted octanol–water partition coefficient (Wildman–Crippen LogP) is 1.81. The number of unbranched alkanes of at least 4 members (excludes halogenated alkanes) is 1. The van der Waals surface area contributed by atoms with Gasteiger partial charge in [-0.05, 0) is 31.9 Å². The summed E-state index contributed by atoms with van der Waals surface area (Å²) in [5, 5.41) is 13.6. The minimum absolute atomic E-state index is 0.0739. The Morgan fingerprint density at radius 2 is 2.17 bits per heavy atom. The molecule has 0 bridgehead atoms. The first-order valence-corrected chi connectivity index (χ1v) is 8.74. The molecular weight excluding hydrogens is 389 g/mol. The average Bonchev–Trinajstić information content (AvgIpc) is 3.17. The number of hydrogen-bond acceptors (Lipinski definition) is 7. The Kier molecular flexibility index (Phi) is 7.80. The minimum Gasteiger partial charge on any atom is -0.345 e. The number of hydrogen-bond donors (Lipinski definition) is 2. The van der Waals surface area contributed by atoms with Gasteiger partial charge in [0.1, 0.15) is 0 Å². The van der Waals surface area contributed by atoms with E-state index in [0.717, 1.165) is 31.2 Å². The molecule has 0 atom stereocenters. The monoisotopic (exact) mass is 410 g/mol. The number of carbonyl (C=O) groups is 1. The number of alkyl halides is 3. The van der Waals surface area contributed by atoms with Crippen LogP contribution in [0.2, 0.25) is 0 Å². The molecule has 2 aromatic heterocycles. The average molecular weight is 410 g/mol. The molecule has 2 heterocycles. The number of amides is 1. The largest absolute Gasteiger partial charge is 0.416 e. The molecule has 2 rings (SSSR count). The highest BCUT2D eigenvalue weighted by molar-refractivity contribution is 6.29. The summed E-state index contributed by atoms with van der Waals surface area (Å²) in [5.41, 5.74) is -0.0180. The maximum Gasteiger partial charge on any atom is 0.416 e. The lowest BCUT2D eigenvalue weighted by Gasteiger charge is -2.08. The van der Waals surface area contributed by atoms with Crippen molar-refractivity contribution in [3.8, 4) is 0 Å². The van der Waals surface area contributed by atoms with Gasteiger partial charge in [-0.2, -0.15) is 18.3 Å². The third-order valence-corrected chi connectivity index (χ3v) is 3.75. The van der Waals surface area contributed by atoms with Crippen molar-refractivity contribution in [3.05, 3.63) is 41.5 Å². The van der Waals surface area contributed by atoms with Gasteiger partial charge in [-0.15, -0.1) is 5.10 Å². The number of rotatable bonds is 9. The molecule has 2 aromatic rings. The zero-order chi connectivity index (χ0) is 21.3. The highest BCUT2D eigenvalue weighted by atomic mass is 19.4. The molecule has 0 saturated carbocycles. The van der Waals surface area contributed by atoms with Crippen LogP contribution in [0.15, 0.2) is 34.6 Å². The topological polar surface area (TPSA) is 123 Å². The lowest BCUT2D eigenvalue weighted by Crippen LogP contribution is -2.24. The number of hydrazone groups is 1. The van der Waals surface area contributed by atoms with Gasteiger partial charge in [0.15, 0.2) is 5.69 Å². The number of aliphatic imine (C=N–C) groups is 1. The van der Waals surface area contributed by atoms with E-state index in [0.29, 0.717) is 18.8 Å². The van der Waals surface area contributed by atoms with Gasteiger partial charge in [-0.1, -0.05) is 5.21 Å². The molecule has 0 radical (unpaired) electrons. The van der Waals surface area contributed by atoms with Crippen molar-refractivity contribution in [2.75, 3.05) is 6.54 Å². The van der Waals surface area contributed by atoms with Crippen molar-refractivity contribution in [3.63, 3.8) is 0 Å². The summed E-state index contributed by atoms with van der Waals surface area (Å²) in [6, 6.07) is 1.76. The van der Waals surface area contributed by atoms with E-state index < -0.39 is 17.6 Å². The first-order chi connectivity index (χ1) is 13.8. The van der Waals surface area contributed by atoms with E-state index in [4.69, 9.17) is 5.84 Å². The Balaban J connectivity index is 1.78. The van der Waals surface area contributed by atoms with Crippen LogP contribution in [0.4, 0.5) is 13.2 Å². The van der Waals surface area contributed by atoms with E-state index in [1.54, 1.807) is 13.1 Å². The smallest absolute Gasteiger partial charge is 0.345 e. The number of nitrogens with two attached hydrogens (primary N) is 1. The van der Waals surface area contributed by atoms with Crippen molar-refractivity contribution in [2.45, 2.75) is 39.0 Å². The molecular formula is C17H21F3N8O. The van der Waals surface area contributed by atoms with Gasteiger partial charge < -0.3 is 11.2 Å². The van der Waals surface area contributed by atoms with Crippen molar-refractivity contribution in [1.82, 2.24) is 25.3 Å². The molecule has 156 valence electrons. The van der Waals surface area contributed by atoms with Crippen molar-refractivity contribution in [2.24, 2.45) is 15.9 Å². The number of carbonyl (C=O) groups excluding carboxylic acids is 1. The third kappa shape index (κ3) is 7.31. The molecule has 3 N–H and O–H groups in total. The highest BCUT2D eigenvalue weighted by Crippen LogP contribution is 2.28. The minimum atomic E-state index is -4.47. The van der Waals surface area contributed by atoms with Crippen LogP contribution in [0.3, 0.4) is 0 Å². The summed E-state index contributed by atoms with van der Waals surface area (Å²) in [4.78, 5) is 20.1. The second-order valence-electron chi connectivity index (χ2n) is 6.10. The summed E-state index contributed by atoms with van der Waals surface area (Å²) in [7, 11) is 0. The predicted molar refractivity (Wildman–Crippen MR) is 100 cm³/mol. The van der Waals surface area contributed by atoms with Crippen LogP contribution in [0.5, 0.6) is 0 Å². The van der Waals surface area contributed by atoms with Crippen LogP contribution >= 0.6 is 0 Å². The first-order valence-electron chi connectivity index (χ1n) is 8.74. The van der Waals surface area contributed by atoms with E-state index in [-0.39, 0.29) is 17.9 Å². The van der Waals surface area contributed by atoms with Gasteiger partial charge in [0.25, 0.3) is 5.91 Å². The van der Waals surface area contributed by atoms with E-state index in [1.165, 1.54) is 10.9 Å². The zero-order valence-corrected chi connectivity index (χ0v) is 15.7. The van der Waals surface area contributed by atoms with E-state index >= 15 is 0 Å². The van der Waals surface area contributed by atoms with Crippen molar-refractivity contribution < 1.29 is 18.0 Å². The summed E-state index contributed by atoms with van der Waals surface area (Å²) in [5.74, 6) is 4.55. The quantitative estimate of drug-likeness (QED) is 0.282. The van der Waals surface area contributed by atoms with Crippen LogP contribution in [0.1, 0.15) is 41.5 Å². The molecule has 0 aliphatic rings. The molecule has 0 unspecified atom stereocenters. The number of halogens is 3. The van der Waals surface area contributed by atoms with Gasteiger partial charge in [0, 0.05) is 25.5 Å². The SMILES string of the molecule is CC(C=NCCCCn1cc(C(=O)NCc2cc(C(F)(F)F)ccn2)nn1)=NN. The molecule has 0 saturated heterocycles. The summed E-state index contributed by atoms with van der Waals surface area (Å²) < 4.78 is 39.6. The van der Waals surface area contributed by atoms with Gasteiger partial charge in [0.05, 0.1) is 29.7 Å². The van der Waals surface area contributed by atoms with E-state index in [1.807, 2.05) is 0 Å². The fraction of sp³-hybridized carbons (Fsp3) is 0.412. The number of aromatic nitrogens is 4. The molecule has 0 aliphatic heterocycles. The second kappa shape index (κ2) is 10.3. The number of aryl methyl sites for hydroxylation is 1. The van der Waals surface area contributed by atoms with Crippen LogP contribution in [-0.2, 0) is 19.3 Å². The molecule has 9 nitrogen and oxygen atoms in total. The Labute approximate surface area is 164 Å². The fourth-order valence-corrected chi connectivity index (χ4v) is 2.23. The van der Waals surface area contributed by atoms with Crippen LogP contribution in [0.25, 0.3) is 0 Å². The van der Waals surface area contributed by atoms with Crippen LogP contribution in [-0.4, -0.2) is 44.4 Å². The maximum absolute atomic E-state index is 12.7. The Morgan fingerprint density at radius 1 is 1.38 bits per heavy atom. The van der Waals surface area contributed by atoms with E-state index in [2.05, 4.69) is 30.7 Å². The lowest BCUT2D eigenvalue weighted by atomic mass is 10.2. The molecule has 0 aliphatic carbocycles. The van der Waals surface area contributed by atoms with Gasteiger partial charge >= 0.3 is 6.18 Å². The Hall–Kier alpha value is -3.31. The summed E-state index contributed by atoms with van der Waals surface area (Å²) in [6.45, 7) is 2.75. The zero-order valence-electron chi connectivity index (χ0n) is 15.7. The van der Waals surface area contributed by atoms with E-state index in [9.17, 15) is 18.0 Å². The normalized spacial score (nSPS) is 12.5. The lowest BCUT2D eigenvalue weighted by molar-refractivity contribution is -0.137. The number of nitrogens with one attached hydrogen (secondary N) is 1. The summed E-state index contributed by atoms with van der Waals surface area (Å²) in [6.07, 6.45) is 1.23. The molecule has 29 heavy (non-hydrogen) atoms. The van der Waals surface area contributed by atoms with Gasteiger partial charge in [-0.3, -0.25) is 19.5 Å². The van der Waals surface area contributed by atoms with Gasteiger partial charge in [-0.25, -0.2) is 0 Å². The molecule has 12 heteroatoms. The molecule has 0 fully saturated rings. The standard InChI is InChI=1S/C17H21F3N8O/c1-12(25-21)9-22-5-2-3-7-28-11-15(26-27-28)16(29)24-10-14-8-13(4-6-23-14)17(18,19)20/h4,6,8-9,11H,2-3,5,7,10,21H2,1H3,(H,24,29). The second-order valence-corrected chi connectivity index (χ2v) is 6.10. The fourth-order valence-electron chi connectivity index (χ4n) is 2.23. The Bertz CT molecular complexity index is 876. The van der Waals surface area contributed by atoms with Crippen LogP contribution < -0.4 is 11.2 Å². The maximum atomic E-state index is 12.7. The number of nitrogens with zero attached hydrogens (tertiary/aromatic N) is 6. The molecule has 0 spiro atoms. The highest BCUT2D eigenvalue weighted by Gasteiger charge is 2.30. The molecule has 1 amide bonds. The molecule has 0 aromatic carbocycles.